The summed E-state index contributed by atoms with van der Waals surface area (Å²) in [5, 5.41) is 28.7. The summed E-state index contributed by atoms with van der Waals surface area (Å²) in [6, 6.07) is 0. The minimum absolute atomic E-state index is 0.0348. The lowest BCUT2D eigenvalue weighted by Crippen LogP contribution is -2.67. The first-order valence-corrected chi connectivity index (χ1v) is 7.26. The van der Waals surface area contributed by atoms with Crippen LogP contribution in [0.2, 0.25) is 0 Å². The molecule has 4 aliphatic rings. The average Bonchev–Trinajstić information content (AvgIpc) is 2.24. The van der Waals surface area contributed by atoms with Crippen molar-refractivity contribution in [3.05, 3.63) is 0 Å². The van der Waals surface area contributed by atoms with Gasteiger partial charge in [-0.15, -0.1) is 0 Å². The largest absolute Gasteiger partial charge is 0.481 e. The molecule has 0 aliphatic heterocycles. The fourth-order valence-electron chi connectivity index (χ4n) is 5.19. The average molecular weight is 347 g/mol. The molecule has 7 heteroatoms. The van der Waals surface area contributed by atoms with Gasteiger partial charge in [-0.2, -0.15) is 0 Å². The molecule has 0 aromatic rings. The van der Waals surface area contributed by atoms with Crippen molar-refractivity contribution in [2.75, 3.05) is 0 Å². The van der Waals surface area contributed by atoms with Gasteiger partial charge in [-0.1, -0.05) is 15.9 Å². The van der Waals surface area contributed by atoms with E-state index in [0.29, 0.717) is 19.3 Å². The molecule has 0 atom stereocenters. The molecule has 0 saturated heterocycles. The number of rotatable bonds is 3. The standard InChI is InChI=1S/C13H15BrO6/c14-13-4-10(7(15)16)1-11(5-13,8(17)18)3-12(2-10,6-13)9(19)20/h1-6H2,(H,15,16)(H,17,18)(H,19,20). The zero-order valence-electron chi connectivity index (χ0n) is 10.7. The van der Waals surface area contributed by atoms with Crippen LogP contribution in [0.4, 0.5) is 0 Å². The van der Waals surface area contributed by atoms with Crippen LogP contribution in [0.25, 0.3) is 0 Å². The Kier molecular flexibility index (Phi) is 2.46. The van der Waals surface area contributed by atoms with Crippen molar-refractivity contribution in [3.8, 4) is 0 Å². The van der Waals surface area contributed by atoms with Gasteiger partial charge in [0.1, 0.15) is 0 Å². The lowest BCUT2D eigenvalue weighted by Gasteiger charge is -2.65. The summed E-state index contributed by atoms with van der Waals surface area (Å²) in [7, 11) is 0. The molecule has 4 aliphatic carbocycles. The second kappa shape index (κ2) is 3.55. The van der Waals surface area contributed by atoms with E-state index in [0.717, 1.165) is 0 Å². The van der Waals surface area contributed by atoms with Gasteiger partial charge in [0.15, 0.2) is 0 Å². The second-order valence-electron chi connectivity index (χ2n) is 6.97. The van der Waals surface area contributed by atoms with Crippen LogP contribution in [0.3, 0.4) is 0 Å². The SMILES string of the molecule is O=C(O)C12CC3(Br)CC(C(=O)O)(C1)CC(C(=O)O)(C3)C2. The van der Waals surface area contributed by atoms with Crippen LogP contribution < -0.4 is 0 Å². The van der Waals surface area contributed by atoms with Crippen molar-refractivity contribution in [3.63, 3.8) is 0 Å². The Morgan fingerprint density at radius 2 is 0.900 bits per heavy atom. The molecule has 0 aromatic heterocycles. The molecule has 0 radical (unpaired) electrons. The third kappa shape index (κ3) is 1.52. The molecule has 20 heavy (non-hydrogen) atoms. The smallest absolute Gasteiger partial charge is 0.309 e. The number of carboxylic acid groups (broad SMARTS) is 3. The summed E-state index contributed by atoms with van der Waals surface area (Å²) in [6.45, 7) is 0. The number of carboxylic acids is 3. The highest BCUT2D eigenvalue weighted by Gasteiger charge is 2.74. The predicted octanol–water partition coefficient (Wildman–Crippen LogP) is 1.71. The molecule has 6 nitrogen and oxygen atoms in total. The molecular formula is C13H15BrO6. The molecule has 4 saturated carbocycles. The summed E-state index contributed by atoms with van der Waals surface area (Å²) < 4.78 is -0.698. The van der Waals surface area contributed by atoms with E-state index in [1.54, 1.807) is 0 Å². The Labute approximate surface area is 123 Å². The third-order valence-electron chi connectivity index (χ3n) is 5.36. The fourth-order valence-corrected chi connectivity index (χ4v) is 6.80. The Morgan fingerprint density at radius 1 is 0.650 bits per heavy atom. The van der Waals surface area contributed by atoms with E-state index in [2.05, 4.69) is 15.9 Å². The van der Waals surface area contributed by atoms with Crippen molar-refractivity contribution >= 4 is 33.8 Å². The Hall–Kier alpha value is -1.11. The van der Waals surface area contributed by atoms with Crippen LogP contribution in [0.15, 0.2) is 0 Å². The zero-order valence-corrected chi connectivity index (χ0v) is 12.3. The van der Waals surface area contributed by atoms with E-state index < -0.39 is 38.5 Å². The highest BCUT2D eigenvalue weighted by Crippen LogP contribution is 2.73. The summed E-state index contributed by atoms with van der Waals surface area (Å²) >= 11 is 3.48. The number of carbonyl (C=O) groups is 3. The summed E-state index contributed by atoms with van der Waals surface area (Å²) in [6.07, 6.45) is 1.02. The molecule has 110 valence electrons. The molecule has 0 aromatic carbocycles. The van der Waals surface area contributed by atoms with Crippen LogP contribution in [-0.2, 0) is 14.4 Å². The van der Waals surface area contributed by atoms with Gasteiger partial charge in [0.25, 0.3) is 0 Å². The number of halogens is 1. The molecule has 0 amide bonds. The maximum absolute atomic E-state index is 11.7. The van der Waals surface area contributed by atoms with Crippen LogP contribution >= 0.6 is 15.9 Å². The molecule has 0 heterocycles. The highest BCUT2D eigenvalue weighted by molar-refractivity contribution is 9.10. The first-order chi connectivity index (χ1) is 9.07. The second-order valence-corrected chi connectivity index (χ2v) is 8.65. The number of alkyl halides is 1. The van der Waals surface area contributed by atoms with Crippen molar-refractivity contribution in [1.29, 1.82) is 0 Å². The monoisotopic (exact) mass is 346 g/mol. The van der Waals surface area contributed by atoms with E-state index >= 15 is 0 Å². The fraction of sp³-hybridized carbons (Fsp3) is 0.769. The number of hydrogen-bond acceptors (Lipinski definition) is 3. The lowest BCUT2D eigenvalue weighted by atomic mass is 9.39. The van der Waals surface area contributed by atoms with Crippen molar-refractivity contribution in [2.24, 2.45) is 16.2 Å². The Bertz CT molecular complexity index is 459. The van der Waals surface area contributed by atoms with Gasteiger partial charge in [0.05, 0.1) is 16.2 Å². The van der Waals surface area contributed by atoms with Crippen LogP contribution in [-0.4, -0.2) is 37.6 Å². The van der Waals surface area contributed by atoms with Crippen molar-refractivity contribution in [2.45, 2.75) is 42.8 Å². The molecule has 0 unspecified atom stereocenters. The molecule has 4 fully saturated rings. The molecule has 0 spiro atoms. The zero-order chi connectivity index (χ0) is 15.0. The van der Waals surface area contributed by atoms with Crippen LogP contribution in [0.5, 0.6) is 0 Å². The number of hydrogen-bond donors (Lipinski definition) is 3. The summed E-state index contributed by atoms with van der Waals surface area (Å²) in [4.78, 5) is 35.2. The van der Waals surface area contributed by atoms with Gasteiger partial charge in [0.2, 0.25) is 0 Å². The quantitative estimate of drug-likeness (QED) is 0.670. The van der Waals surface area contributed by atoms with Crippen LogP contribution in [0.1, 0.15) is 38.5 Å². The van der Waals surface area contributed by atoms with E-state index in [-0.39, 0.29) is 19.3 Å². The molecule has 4 rings (SSSR count). The van der Waals surface area contributed by atoms with E-state index in [4.69, 9.17) is 0 Å². The van der Waals surface area contributed by atoms with Gasteiger partial charge in [-0.25, -0.2) is 0 Å². The highest BCUT2D eigenvalue weighted by atomic mass is 79.9. The van der Waals surface area contributed by atoms with Gasteiger partial charge < -0.3 is 15.3 Å². The first-order valence-electron chi connectivity index (χ1n) is 6.46. The topological polar surface area (TPSA) is 112 Å². The minimum Gasteiger partial charge on any atom is -0.481 e. The summed E-state index contributed by atoms with van der Waals surface area (Å²) in [5.74, 6) is -3.22. The maximum Gasteiger partial charge on any atom is 0.309 e. The van der Waals surface area contributed by atoms with Crippen molar-refractivity contribution in [1.82, 2.24) is 0 Å². The third-order valence-corrected chi connectivity index (χ3v) is 6.20. The molecule has 3 N–H and O–H groups in total. The first kappa shape index (κ1) is 13.9. The van der Waals surface area contributed by atoms with Crippen molar-refractivity contribution < 1.29 is 29.7 Å². The normalized spacial score (nSPS) is 49.0. The molecule has 4 bridgehead atoms. The van der Waals surface area contributed by atoms with Crippen LogP contribution in [0, 0.1) is 16.2 Å². The van der Waals surface area contributed by atoms with E-state index in [1.807, 2.05) is 0 Å². The minimum atomic E-state index is -1.24. The summed E-state index contributed by atoms with van der Waals surface area (Å²) in [5.41, 5.74) is -3.72. The predicted molar refractivity (Wildman–Crippen MR) is 69.6 cm³/mol. The van der Waals surface area contributed by atoms with Gasteiger partial charge >= 0.3 is 17.9 Å². The van der Waals surface area contributed by atoms with Gasteiger partial charge in [0, 0.05) is 4.32 Å². The molecular weight excluding hydrogens is 332 g/mol. The van der Waals surface area contributed by atoms with E-state index in [1.165, 1.54) is 0 Å². The van der Waals surface area contributed by atoms with E-state index in [9.17, 15) is 29.7 Å². The maximum atomic E-state index is 11.7. The van der Waals surface area contributed by atoms with Gasteiger partial charge in [-0.3, -0.25) is 14.4 Å². The van der Waals surface area contributed by atoms with Gasteiger partial charge in [-0.05, 0) is 38.5 Å². The lowest BCUT2D eigenvalue weighted by molar-refractivity contribution is -0.203. The Balaban J connectivity index is 2.20. The number of aliphatic carboxylic acids is 3. The Morgan fingerprint density at radius 3 is 1.10 bits per heavy atom.